The highest BCUT2D eigenvalue weighted by atomic mass is 16.5. The van der Waals surface area contributed by atoms with Crippen LogP contribution in [0.15, 0.2) is 24.3 Å². The molecular formula is C18H25N3O3. The molecule has 0 bridgehead atoms. The smallest absolute Gasteiger partial charge is 0.321 e. The van der Waals surface area contributed by atoms with Gasteiger partial charge in [-0.2, -0.15) is 0 Å². The number of aryl methyl sites for hydroxylation is 1. The van der Waals surface area contributed by atoms with Crippen LogP contribution in [0.1, 0.15) is 18.4 Å². The number of rotatable bonds is 2. The Bertz CT molecular complexity index is 608. The Labute approximate surface area is 142 Å². The zero-order valence-corrected chi connectivity index (χ0v) is 14.3. The number of ether oxygens (including phenoxy) is 1. The molecule has 3 amide bonds. The number of hydrogen-bond donors (Lipinski definition) is 2. The first-order valence-electron chi connectivity index (χ1n) is 8.46. The molecule has 0 aliphatic carbocycles. The van der Waals surface area contributed by atoms with Crippen LogP contribution in [0.25, 0.3) is 0 Å². The highest BCUT2D eigenvalue weighted by Gasteiger charge is 2.51. The second kappa shape index (κ2) is 6.81. The summed E-state index contributed by atoms with van der Waals surface area (Å²) in [4.78, 5) is 26.7. The van der Waals surface area contributed by atoms with Crippen LogP contribution in [-0.2, 0) is 9.53 Å². The van der Waals surface area contributed by atoms with Crippen molar-refractivity contribution in [2.75, 3.05) is 38.7 Å². The van der Waals surface area contributed by atoms with E-state index in [1.165, 1.54) is 0 Å². The molecule has 1 unspecified atom stereocenters. The number of urea groups is 1. The first kappa shape index (κ1) is 16.8. The predicted molar refractivity (Wildman–Crippen MR) is 91.8 cm³/mol. The minimum atomic E-state index is -0.171. The number of nitrogens with zero attached hydrogens (tertiary/aromatic N) is 1. The molecular weight excluding hydrogens is 306 g/mol. The van der Waals surface area contributed by atoms with E-state index in [1.807, 2.05) is 31.2 Å². The van der Waals surface area contributed by atoms with E-state index in [4.69, 9.17) is 4.74 Å². The molecule has 1 spiro atoms. The molecule has 2 saturated heterocycles. The molecule has 0 saturated carbocycles. The maximum absolute atomic E-state index is 12.6. The fourth-order valence-corrected chi connectivity index (χ4v) is 3.78. The average Bonchev–Trinajstić information content (AvgIpc) is 2.96. The van der Waals surface area contributed by atoms with E-state index in [2.05, 4.69) is 10.6 Å². The fourth-order valence-electron chi connectivity index (χ4n) is 3.78. The van der Waals surface area contributed by atoms with Gasteiger partial charge in [0, 0.05) is 44.5 Å². The van der Waals surface area contributed by atoms with Gasteiger partial charge >= 0.3 is 6.03 Å². The number of anilines is 1. The molecule has 2 fully saturated rings. The number of amides is 3. The molecule has 6 heteroatoms. The highest BCUT2D eigenvalue weighted by molar-refractivity contribution is 5.90. The van der Waals surface area contributed by atoms with Gasteiger partial charge in [-0.15, -0.1) is 0 Å². The topological polar surface area (TPSA) is 70.7 Å². The van der Waals surface area contributed by atoms with Crippen LogP contribution in [0.4, 0.5) is 10.5 Å². The number of nitrogens with one attached hydrogen (secondary N) is 2. The monoisotopic (exact) mass is 331 g/mol. The Hall–Kier alpha value is -2.08. The van der Waals surface area contributed by atoms with E-state index in [0.29, 0.717) is 26.3 Å². The van der Waals surface area contributed by atoms with E-state index in [-0.39, 0.29) is 23.3 Å². The van der Waals surface area contributed by atoms with Gasteiger partial charge in [-0.3, -0.25) is 4.79 Å². The predicted octanol–water partition coefficient (Wildman–Crippen LogP) is 2.00. The second-order valence-electron chi connectivity index (χ2n) is 6.82. The molecule has 2 N–H and O–H groups in total. The Morgan fingerprint density at radius 3 is 2.50 bits per heavy atom. The summed E-state index contributed by atoms with van der Waals surface area (Å²) in [5.41, 5.74) is 1.76. The van der Waals surface area contributed by atoms with Gasteiger partial charge in [0.05, 0.1) is 5.92 Å². The molecule has 2 heterocycles. The first-order valence-corrected chi connectivity index (χ1v) is 8.46. The molecule has 2 aliphatic rings. The Kier molecular flexibility index (Phi) is 4.76. The standard InChI is InChI=1S/C18H25N3O3/c1-13-3-5-14(6-4-13)20-17(23)21-11-15(16(22)19-2)18(12-21)7-9-24-10-8-18/h3-6,15H,7-12H2,1-2H3,(H,19,22)(H,20,23). The SMILES string of the molecule is CNC(=O)C1CN(C(=O)Nc2ccc(C)cc2)CC12CCOCC2. The van der Waals surface area contributed by atoms with Gasteiger partial charge in [-0.25, -0.2) is 4.79 Å². The summed E-state index contributed by atoms with van der Waals surface area (Å²) < 4.78 is 5.47. The van der Waals surface area contributed by atoms with Crippen LogP contribution in [0.3, 0.4) is 0 Å². The van der Waals surface area contributed by atoms with Crippen molar-refractivity contribution in [2.24, 2.45) is 11.3 Å². The summed E-state index contributed by atoms with van der Waals surface area (Å²) in [5.74, 6) is -0.155. The minimum absolute atomic E-state index is 0.0162. The lowest BCUT2D eigenvalue weighted by atomic mass is 9.72. The molecule has 3 rings (SSSR count). The Balaban J connectivity index is 1.73. The maximum atomic E-state index is 12.6. The molecule has 0 aromatic heterocycles. The quantitative estimate of drug-likeness (QED) is 0.871. The summed E-state index contributed by atoms with van der Waals surface area (Å²) in [5, 5.41) is 5.69. The zero-order valence-electron chi connectivity index (χ0n) is 14.3. The van der Waals surface area contributed by atoms with Crippen molar-refractivity contribution in [3.8, 4) is 0 Å². The van der Waals surface area contributed by atoms with Crippen molar-refractivity contribution in [1.82, 2.24) is 10.2 Å². The van der Waals surface area contributed by atoms with Crippen LogP contribution in [0, 0.1) is 18.3 Å². The lowest BCUT2D eigenvalue weighted by Gasteiger charge is -2.36. The van der Waals surface area contributed by atoms with E-state index in [1.54, 1.807) is 11.9 Å². The van der Waals surface area contributed by atoms with Gasteiger partial charge in [0.15, 0.2) is 0 Å². The molecule has 2 aliphatic heterocycles. The summed E-state index contributed by atoms with van der Waals surface area (Å²) in [6.45, 7) is 4.38. The van der Waals surface area contributed by atoms with E-state index < -0.39 is 0 Å². The molecule has 0 radical (unpaired) electrons. The van der Waals surface area contributed by atoms with Gasteiger partial charge in [0.1, 0.15) is 0 Å². The van der Waals surface area contributed by atoms with Crippen LogP contribution in [0.5, 0.6) is 0 Å². The molecule has 1 atom stereocenters. The zero-order chi connectivity index (χ0) is 17.2. The van der Waals surface area contributed by atoms with Crippen molar-refractivity contribution in [3.63, 3.8) is 0 Å². The normalized spacial score (nSPS) is 22.4. The highest BCUT2D eigenvalue weighted by Crippen LogP contribution is 2.44. The summed E-state index contributed by atoms with van der Waals surface area (Å²) in [6.07, 6.45) is 1.64. The average molecular weight is 331 g/mol. The van der Waals surface area contributed by atoms with Gasteiger partial charge in [0.2, 0.25) is 5.91 Å². The van der Waals surface area contributed by atoms with Crippen LogP contribution in [-0.4, -0.2) is 50.2 Å². The lowest BCUT2D eigenvalue weighted by molar-refractivity contribution is -0.129. The van der Waals surface area contributed by atoms with Gasteiger partial charge in [-0.05, 0) is 31.9 Å². The summed E-state index contributed by atoms with van der Waals surface area (Å²) in [6, 6.07) is 7.57. The molecule has 6 nitrogen and oxygen atoms in total. The number of likely N-dealkylation sites (tertiary alicyclic amines) is 1. The van der Waals surface area contributed by atoms with Crippen molar-refractivity contribution >= 4 is 17.6 Å². The Morgan fingerprint density at radius 1 is 1.21 bits per heavy atom. The second-order valence-corrected chi connectivity index (χ2v) is 6.82. The number of hydrogen-bond acceptors (Lipinski definition) is 3. The van der Waals surface area contributed by atoms with E-state index in [0.717, 1.165) is 24.1 Å². The third-order valence-corrected chi connectivity index (χ3v) is 5.29. The van der Waals surface area contributed by atoms with Gasteiger partial charge < -0.3 is 20.3 Å². The van der Waals surface area contributed by atoms with Crippen LogP contribution in [0.2, 0.25) is 0 Å². The van der Waals surface area contributed by atoms with Crippen molar-refractivity contribution in [3.05, 3.63) is 29.8 Å². The fraction of sp³-hybridized carbons (Fsp3) is 0.556. The lowest BCUT2D eigenvalue weighted by Crippen LogP contribution is -2.43. The number of benzene rings is 1. The summed E-state index contributed by atoms with van der Waals surface area (Å²) in [7, 11) is 1.66. The van der Waals surface area contributed by atoms with Crippen LogP contribution >= 0.6 is 0 Å². The Morgan fingerprint density at radius 2 is 1.88 bits per heavy atom. The summed E-state index contributed by atoms with van der Waals surface area (Å²) >= 11 is 0. The maximum Gasteiger partial charge on any atom is 0.321 e. The van der Waals surface area contributed by atoms with Crippen molar-refractivity contribution in [2.45, 2.75) is 19.8 Å². The molecule has 1 aromatic carbocycles. The third-order valence-electron chi connectivity index (χ3n) is 5.29. The minimum Gasteiger partial charge on any atom is -0.381 e. The first-order chi connectivity index (χ1) is 11.5. The largest absolute Gasteiger partial charge is 0.381 e. The molecule has 24 heavy (non-hydrogen) atoms. The number of carbonyl (C=O) groups is 2. The van der Waals surface area contributed by atoms with Gasteiger partial charge in [-0.1, -0.05) is 17.7 Å². The third kappa shape index (κ3) is 3.24. The van der Waals surface area contributed by atoms with E-state index >= 15 is 0 Å². The van der Waals surface area contributed by atoms with Crippen LogP contribution < -0.4 is 10.6 Å². The molecule has 1 aromatic rings. The van der Waals surface area contributed by atoms with E-state index in [9.17, 15) is 9.59 Å². The van der Waals surface area contributed by atoms with Crippen molar-refractivity contribution < 1.29 is 14.3 Å². The van der Waals surface area contributed by atoms with Crippen molar-refractivity contribution in [1.29, 1.82) is 0 Å². The van der Waals surface area contributed by atoms with Gasteiger partial charge in [0.25, 0.3) is 0 Å². The molecule has 130 valence electrons. The number of carbonyl (C=O) groups excluding carboxylic acids is 2.